The summed E-state index contributed by atoms with van der Waals surface area (Å²) in [6, 6.07) is 11.5. The van der Waals surface area contributed by atoms with Crippen LogP contribution in [-0.4, -0.2) is 52.6 Å². The lowest BCUT2D eigenvalue weighted by Gasteiger charge is -2.16. The molecule has 2 aromatic heterocycles. The highest BCUT2D eigenvalue weighted by atomic mass is 35.5. The van der Waals surface area contributed by atoms with Crippen LogP contribution in [0, 0.1) is 5.82 Å². The molecule has 0 saturated heterocycles. The molecule has 2 heterocycles. The SMILES string of the molecule is COc1cc(CN(C)C)cc(-c2cnc3nc(-c4ccc(F)c(Cl)c4)n(CC(=O)NC(C)C)c(=O)c3c2)c1. The zero-order valence-electron chi connectivity index (χ0n) is 21.9. The summed E-state index contributed by atoms with van der Waals surface area (Å²) in [6.07, 6.45) is 1.64. The van der Waals surface area contributed by atoms with E-state index in [0.29, 0.717) is 23.4 Å². The monoisotopic (exact) mass is 537 g/mol. The molecule has 2 aromatic carbocycles. The van der Waals surface area contributed by atoms with Gasteiger partial charge in [0, 0.05) is 29.9 Å². The van der Waals surface area contributed by atoms with Crippen LogP contribution >= 0.6 is 11.6 Å². The Morgan fingerprint density at radius 1 is 1.13 bits per heavy atom. The smallest absolute Gasteiger partial charge is 0.263 e. The Morgan fingerprint density at radius 2 is 1.89 bits per heavy atom. The first-order chi connectivity index (χ1) is 18.0. The number of carbonyl (C=O) groups is 1. The average Bonchev–Trinajstić information content (AvgIpc) is 2.86. The maximum Gasteiger partial charge on any atom is 0.263 e. The van der Waals surface area contributed by atoms with Gasteiger partial charge >= 0.3 is 0 Å². The predicted octanol–water partition coefficient (Wildman–Crippen LogP) is 4.51. The number of nitrogens with zero attached hydrogens (tertiary/aromatic N) is 4. The van der Waals surface area contributed by atoms with Gasteiger partial charge in [0.2, 0.25) is 5.91 Å². The van der Waals surface area contributed by atoms with E-state index >= 15 is 0 Å². The van der Waals surface area contributed by atoms with Crippen LogP contribution in [0.4, 0.5) is 4.39 Å². The summed E-state index contributed by atoms with van der Waals surface area (Å²) in [4.78, 5) is 37.6. The number of amides is 1. The molecule has 8 nitrogen and oxygen atoms in total. The molecule has 0 atom stereocenters. The average molecular weight is 538 g/mol. The summed E-state index contributed by atoms with van der Waals surface area (Å²) < 4.78 is 20.6. The Labute approximate surface area is 225 Å². The second-order valence-electron chi connectivity index (χ2n) is 9.58. The molecular weight excluding hydrogens is 509 g/mol. The molecule has 0 spiro atoms. The summed E-state index contributed by atoms with van der Waals surface area (Å²) in [7, 11) is 5.56. The number of nitrogens with one attached hydrogen (secondary N) is 1. The van der Waals surface area contributed by atoms with Crippen molar-refractivity contribution in [3.63, 3.8) is 0 Å². The third kappa shape index (κ3) is 6.00. The fourth-order valence-electron chi connectivity index (χ4n) is 4.18. The molecule has 198 valence electrons. The molecule has 4 rings (SSSR count). The number of fused-ring (bicyclic) bond motifs is 1. The van der Waals surface area contributed by atoms with Crippen molar-refractivity contribution in [2.75, 3.05) is 21.2 Å². The van der Waals surface area contributed by atoms with Gasteiger partial charge in [-0.05, 0) is 81.5 Å². The van der Waals surface area contributed by atoms with Crippen LogP contribution < -0.4 is 15.6 Å². The molecule has 0 bridgehead atoms. The first kappa shape index (κ1) is 27.2. The maximum atomic E-state index is 13.8. The highest BCUT2D eigenvalue weighted by Crippen LogP contribution is 2.29. The van der Waals surface area contributed by atoms with Crippen molar-refractivity contribution >= 4 is 28.5 Å². The van der Waals surface area contributed by atoms with Crippen LogP contribution in [0.15, 0.2) is 53.5 Å². The molecule has 0 radical (unpaired) electrons. The van der Waals surface area contributed by atoms with E-state index in [2.05, 4.69) is 15.3 Å². The van der Waals surface area contributed by atoms with Gasteiger partial charge in [0.25, 0.3) is 5.56 Å². The third-order valence-electron chi connectivity index (χ3n) is 5.77. The number of benzene rings is 2. The van der Waals surface area contributed by atoms with Gasteiger partial charge in [-0.2, -0.15) is 0 Å². The number of carbonyl (C=O) groups excluding carboxylic acids is 1. The quantitative estimate of drug-likeness (QED) is 0.356. The Bertz CT molecular complexity index is 1570. The fraction of sp³-hybridized carbons (Fsp3) is 0.286. The molecule has 38 heavy (non-hydrogen) atoms. The Kier molecular flexibility index (Phi) is 8.08. The number of pyridine rings is 1. The van der Waals surface area contributed by atoms with Crippen molar-refractivity contribution in [2.45, 2.75) is 33.0 Å². The third-order valence-corrected chi connectivity index (χ3v) is 6.06. The van der Waals surface area contributed by atoms with Gasteiger partial charge in [-0.1, -0.05) is 11.6 Å². The molecular formula is C28H29ClFN5O3. The van der Waals surface area contributed by atoms with Crippen LogP contribution in [0.25, 0.3) is 33.5 Å². The van der Waals surface area contributed by atoms with E-state index in [1.54, 1.807) is 19.4 Å². The van der Waals surface area contributed by atoms with E-state index in [1.807, 2.05) is 51.0 Å². The molecule has 1 N–H and O–H groups in total. The van der Waals surface area contributed by atoms with Crippen LogP contribution in [-0.2, 0) is 17.9 Å². The predicted molar refractivity (Wildman–Crippen MR) is 147 cm³/mol. The van der Waals surface area contributed by atoms with Gasteiger partial charge in [0.15, 0.2) is 5.65 Å². The minimum absolute atomic E-state index is 0.118. The number of rotatable bonds is 8. The first-order valence-corrected chi connectivity index (χ1v) is 12.4. The minimum atomic E-state index is -0.600. The summed E-state index contributed by atoms with van der Waals surface area (Å²) in [5.74, 6) is -0.109. The van der Waals surface area contributed by atoms with E-state index in [1.165, 1.54) is 22.8 Å². The largest absolute Gasteiger partial charge is 0.497 e. The zero-order valence-corrected chi connectivity index (χ0v) is 22.6. The highest BCUT2D eigenvalue weighted by molar-refractivity contribution is 6.31. The summed E-state index contributed by atoms with van der Waals surface area (Å²) in [5, 5.41) is 2.92. The van der Waals surface area contributed by atoms with Crippen molar-refractivity contribution in [1.29, 1.82) is 0 Å². The molecule has 0 aliphatic rings. The number of methoxy groups -OCH3 is 1. The first-order valence-electron chi connectivity index (χ1n) is 12.0. The molecule has 0 unspecified atom stereocenters. The molecule has 1 amide bonds. The van der Waals surface area contributed by atoms with Crippen LogP contribution in [0.3, 0.4) is 0 Å². The lowest BCUT2D eigenvalue weighted by atomic mass is 10.0. The van der Waals surface area contributed by atoms with E-state index in [4.69, 9.17) is 16.3 Å². The van der Waals surface area contributed by atoms with Crippen molar-refractivity contribution in [3.05, 3.63) is 75.4 Å². The number of hydrogen-bond acceptors (Lipinski definition) is 6. The Balaban J connectivity index is 1.90. The van der Waals surface area contributed by atoms with Gasteiger partial charge in [-0.25, -0.2) is 14.4 Å². The van der Waals surface area contributed by atoms with Gasteiger partial charge < -0.3 is 15.0 Å². The fourth-order valence-corrected chi connectivity index (χ4v) is 4.36. The highest BCUT2D eigenvalue weighted by Gasteiger charge is 2.19. The van der Waals surface area contributed by atoms with E-state index in [-0.39, 0.29) is 40.4 Å². The maximum absolute atomic E-state index is 13.8. The second-order valence-corrected chi connectivity index (χ2v) is 9.99. The van der Waals surface area contributed by atoms with Crippen LogP contribution in [0.5, 0.6) is 5.75 Å². The molecule has 0 fully saturated rings. The van der Waals surface area contributed by atoms with Crippen molar-refractivity contribution < 1.29 is 13.9 Å². The molecule has 0 saturated carbocycles. The molecule has 0 aliphatic carbocycles. The van der Waals surface area contributed by atoms with Crippen LogP contribution in [0.2, 0.25) is 5.02 Å². The number of halogens is 2. The van der Waals surface area contributed by atoms with Gasteiger partial charge in [-0.15, -0.1) is 0 Å². The van der Waals surface area contributed by atoms with Crippen LogP contribution in [0.1, 0.15) is 19.4 Å². The van der Waals surface area contributed by atoms with Gasteiger partial charge in [0.05, 0.1) is 17.5 Å². The second kappa shape index (κ2) is 11.3. The van der Waals surface area contributed by atoms with E-state index < -0.39 is 11.4 Å². The summed E-state index contributed by atoms with van der Waals surface area (Å²) in [5.41, 5.74) is 2.70. The summed E-state index contributed by atoms with van der Waals surface area (Å²) in [6.45, 7) is 4.08. The Morgan fingerprint density at radius 3 is 2.55 bits per heavy atom. The summed E-state index contributed by atoms with van der Waals surface area (Å²) >= 11 is 6.01. The number of hydrogen-bond donors (Lipinski definition) is 1. The van der Waals surface area contributed by atoms with Gasteiger partial charge in [-0.3, -0.25) is 14.2 Å². The number of aromatic nitrogens is 3. The van der Waals surface area contributed by atoms with Gasteiger partial charge in [0.1, 0.15) is 23.9 Å². The number of ether oxygens (including phenoxy) is 1. The van der Waals surface area contributed by atoms with Crippen molar-refractivity contribution in [3.8, 4) is 28.3 Å². The van der Waals surface area contributed by atoms with Crippen molar-refractivity contribution in [1.82, 2.24) is 24.8 Å². The zero-order chi connectivity index (χ0) is 27.6. The lowest BCUT2D eigenvalue weighted by molar-refractivity contribution is -0.122. The standard InChI is InChI=1S/C28H29ClFN5O3/c1-16(2)32-25(36)15-35-27(18-6-7-24(30)23(29)12-18)33-26-22(28(35)37)11-20(13-31-26)19-8-17(14-34(3)4)9-21(10-19)38-5/h6-13,16H,14-15H2,1-5H3,(H,32,36). The van der Waals surface area contributed by atoms with E-state index in [9.17, 15) is 14.0 Å². The van der Waals surface area contributed by atoms with Crippen molar-refractivity contribution in [2.24, 2.45) is 0 Å². The van der Waals surface area contributed by atoms with E-state index in [0.717, 1.165) is 11.1 Å². The minimum Gasteiger partial charge on any atom is -0.497 e. The lowest BCUT2D eigenvalue weighted by Crippen LogP contribution is -2.37. The molecule has 10 heteroatoms. The Hall–Kier alpha value is -3.82. The molecule has 0 aliphatic heterocycles. The topological polar surface area (TPSA) is 89.3 Å². The molecule has 4 aromatic rings. The normalized spacial score (nSPS) is 11.4.